The fourth-order valence-corrected chi connectivity index (χ4v) is 1.45. The summed E-state index contributed by atoms with van der Waals surface area (Å²) in [5.74, 6) is 0.0388. The Morgan fingerprint density at radius 1 is 1.50 bits per heavy atom. The Hall–Kier alpha value is -1.43. The molecule has 1 amide bonds. The van der Waals surface area contributed by atoms with Gasteiger partial charge >= 0.3 is 0 Å². The van der Waals surface area contributed by atoms with Crippen molar-refractivity contribution >= 4 is 5.91 Å². The molecule has 0 aliphatic heterocycles. The lowest BCUT2D eigenvalue weighted by atomic mass is 10.2. The first kappa shape index (κ1) is 14.6. The van der Waals surface area contributed by atoms with E-state index < -0.39 is 0 Å². The molecule has 2 N–H and O–H groups in total. The van der Waals surface area contributed by atoms with E-state index in [1.165, 1.54) is 0 Å². The standard InChI is InChI=1S/C12H23N5O/c1-4-13-6-5-7-17-9-11(15-16-17)8-14-12(18)10(2)3/h9-10,13H,4-8H2,1-3H3,(H,14,18). The van der Waals surface area contributed by atoms with Gasteiger partial charge in [0.15, 0.2) is 0 Å². The van der Waals surface area contributed by atoms with Crippen molar-refractivity contribution in [3.8, 4) is 0 Å². The SMILES string of the molecule is CCNCCCn1cc(CNC(=O)C(C)C)nn1. The summed E-state index contributed by atoms with van der Waals surface area (Å²) in [6, 6.07) is 0. The monoisotopic (exact) mass is 253 g/mol. The largest absolute Gasteiger partial charge is 0.350 e. The van der Waals surface area contributed by atoms with Crippen LogP contribution in [-0.4, -0.2) is 34.0 Å². The fourth-order valence-electron chi connectivity index (χ4n) is 1.45. The Morgan fingerprint density at radius 2 is 2.28 bits per heavy atom. The van der Waals surface area contributed by atoms with Crippen molar-refractivity contribution in [1.29, 1.82) is 0 Å². The van der Waals surface area contributed by atoms with Gasteiger partial charge in [0.2, 0.25) is 5.91 Å². The second kappa shape index (κ2) is 7.81. The van der Waals surface area contributed by atoms with Crippen LogP contribution < -0.4 is 10.6 Å². The van der Waals surface area contributed by atoms with E-state index in [1.54, 1.807) is 0 Å². The molecule has 1 rings (SSSR count). The molecule has 6 heteroatoms. The van der Waals surface area contributed by atoms with Crippen molar-refractivity contribution in [2.45, 2.75) is 40.3 Å². The third kappa shape index (κ3) is 5.27. The topological polar surface area (TPSA) is 71.8 Å². The molecule has 0 aliphatic rings. The molecule has 0 saturated heterocycles. The average molecular weight is 253 g/mol. The Morgan fingerprint density at radius 3 is 2.94 bits per heavy atom. The predicted octanol–water partition coefficient (Wildman–Crippen LogP) is 0.550. The zero-order chi connectivity index (χ0) is 13.4. The summed E-state index contributed by atoms with van der Waals surface area (Å²) in [5, 5.41) is 14.1. The molecule has 102 valence electrons. The zero-order valence-electron chi connectivity index (χ0n) is 11.4. The summed E-state index contributed by atoms with van der Waals surface area (Å²) in [5.41, 5.74) is 0.799. The number of aromatic nitrogens is 3. The van der Waals surface area contributed by atoms with Crippen LogP contribution in [-0.2, 0) is 17.9 Å². The second-order valence-corrected chi connectivity index (χ2v) is 4.55. The Bertz CT molecular complexity index is 361. The lowest BCUT2D eigenvalue weighted by Crippen LogP contribution is -2.27. The van der Waals surface area contributed by atoms with Crippen molar-refractivity contribution in [1.82, 2.24) is 25.6 Å². The van der Waals surface area contributed by atoms with Gasteiger partial charge in [-0.25, -0.2) is 0 Å². The molecule has 0 saturated carbocycles. The molecular weight excluding hydrogens is 230 g/mol. The van der Waals surface area contributed by atoms with Crippen molar-refractivity contribution in [2.24, 2.45) is 5.92 Å². The Labute approximate surface area is 108 Å². The van der Waals surface area contributed by atoms with Crippen LogP contribution in [0.4, 0.5) is 0 Å². The molecule has 1 heterocycles. The predicted molar refractivity (Wildman–Crippen MR) is 69.9 cm³/mol. The fraction of sp³-hybridized carbons (Fsp3) is 0.750. The summed E-state index contributed by atoms with van der Waals surface area (Å²) >= 11 is 0. The molecule has 0 atom stereocenters. The molecule has 1 aromatic rings. The highest BCUT2D eigenvalue weighted by Crippen LogP contribution is 1.96. The van der Waals surface area contributed by atoms with Crippen LogP contribution in [0, 0.1) is 5.92 Å². The first-order valence-electron chi connectivity index (χ1n) is 6.51. The maximum Gasteiger partial charge on any atom is 0.222 e. The van der Waals surface area contributed by atoms with Gasteiger partial charge in [0.25, 0.3) is 0 Å². The molecule has 18 heavy (non-hydrogen) atoms. The van der Waals surface area contributed by atoms with Gasteiger partial charge in [-0.1, -0.05) is 26.0 Å². The molecule has 0 bridgehead atoms. The first-order chi connectivity index (χ1) is 8.63. The minimum atomic E-state index is 0.000151. The van der Waals surface area contributed by atoms with Gasteiger partial charge in [-0.3, -0.25) is 9.48 Å². The molecule has 0 aromatic carbocycles. The lowest BCUT2D eigenvalue weighted by Gasteiger charge is -2.04. The molecule has 0 spiro atoms. The van der Waals surface area contributed by atoms with Gasteiger partial charge in [0.1, 0.15) is 5.69 Å². The molecule has 0 fully saturated rings. The highest BCUT2D eigenvalue weighted by molar-refractivity contribution is 5.77. The number of aryl methyl sites for hydroxylation is 1. The van der Waals surface area contributed by atoms with Crippen LogP contribution in [0.15, 0.2) is 6.20 Å². The maximum atomic E-state index is 11.4. The number of amides is 1. The van der Waals surface area contributed by atoms with Crippen LogP contribution in [0.1, 0.15) is 32.9 Å². The highest BCUT2D eigenvalue weighted by Gasteiger charge is 2.07. The molecule has 0 aliphatic carbocycles. The summed E-state index contributed by atoms with van der Waals surface area (Å²) < 4.78 is 1.81. The third-order valence-corrected chi connectivity index (χ3v) is 2.54. The van der Waals surface area contributed by atoms with E-state index in [0.717, 1.165) is 31.7 Å². The molecule has 1 aromatic heterocycles. The van der Waals surface area contributed by atoms with Gasteiger partial charge in [0, 0.05) is 12.5 Å². The normalized spacial score (nSPS) is 10.9. The highest BCUT2D eigenvalue weighted by atomic mass is 16.1. The second-order valence-electron chi connectivity index (χ2n) is 4.55. The van der Waals surface area contributed by atoms with Crippen molar-refractivity contribution in [3.63, 3.8) is 0 Å². The summed E-state index contributed by atoms with van der Waals surface area (Å²) in [4.78, 5) is 11.4. The number of nitrogens with zero attached hydrogens (tertiary/aromatic N) is 3. The average Bonchev–Trinajstić information content (AvgIpc) is 2.79. The number of nitrogens with one attached hydrogen (secondary N) is 2. The molecule has 0 unspecified atom stereocenters. The Balaban J connectivity index is 2.28. The summed E-state index contributed by atoms with van der Waals surface area (Å²) in [6.45, 7) is 9.09. The first-order valence-corrected chi connectivity index (χ1v) is 6.51. The zero-order valence-corrected chi connectivity index (χ0v) is 11.4. The Kier molecular flexibility index (Phi) is 6.35. The van der Waals surface area contributed by atoms with E-state index in [9.17, 15) is 4.79 Å². The van der Waals surface area contributed by atoms with E-state index >= 15 is 0 Å². The van der Waals surface area contributed by atoms with E-state index in [-0.39, 0.29) is 11.8 Å². The van der Waals surface area contributed by atoms with Crippen LogP contribution in [0.2, 0.25) is 0 Å². The van der Waals surface area contributed by atoms with Gasteiger partial charge in [0.05, 0.1) is 12.7 Å². The molecular formula is C12H23N5O. The number of carbonyl (C=O) groups is 1. The third-order valence-electron chi connectivity index (χ3n) is 2.54. The van der Waals surface area contributed by atoms with Crippen LogP contribution in [0.5, 0.6) is 0 Å². The van der Waals surface area contributed by atoms with E-state index in [2.05, 4.69) is 27.9 Å². The minimum Gasteiger partial charge on any atom is -0.350 e. The number of hydrogen-bond acceptors (Lipinski definition) is 4. The van der Waals surface area contributed by atoms with Crippen molar-refractivity contribution < 1.29 is 4.79 Å². The van der Waals surface area contributed by atoms with Crippen LogP contribution in [0.3, 0.4) is 0 Å². The smallest absolute Gasteiger partial charge is 0.222 e. The molecule has 6 nitrogen and oxygen atoms in total. The van der Waals surface area contributed by atoms with E-state index in [4.69, 9.17) is 0 Å². The summed E-state index contributed by atoms with van der Waals surface area (Å²) in [6.07, 6.45) is 2.90. The number of rotatable bonds is 8. The number of carbonyl (C=O) groups excluding carboxylic acids is 1. The minimum absolute atomic E-state index is 0.000151. The van der Waals surface area contributed by atoms with E-state index in [1.807, 2.05) is 24.7 Å². The van der Waals surface area contributed by atoms with Crippen molar-refractivity contribution in [3.05, 3.63) is 11.9 Å². The van der Waals surface area contributed by atoms with Crippen molar-refractivity contribution in [2.75, 3.05) is 13.1 Å². The van der Waals surface area contributed by atoms with Crippen LogP contribution in [0.25, 0.3) is 0 Å². The van der Waals surface area contributed by atoms with Gasteiger partial charge in [-0.15, -0.1) is 5.10 Å². The summed E-state index contributed by atoms with van der Waals surface area (Å²) in [7, 11) is 0. The maximum absolute atomic E-state index is 11.4. The molecule has 0 radical (unpaired) electrons. The van der Waals surface area contributed by atoms with Crippen LogP contribution >= 0.6 is 0 Å². The van der Waals surface area contributed by atoms with Gasteiger partial charge in [-0.05, 0) is 19.5 Å². The van der Waals surface area contributed by atoms with E-state index in [0.29, 0.717) is 6.54 Å². The quantitative estimate of drug-likeness (QED) is 0.664. The lowest BCUT2D eigenvalue weighted by molar-refractivity contribution is -0.124. The van der Waals surface area contributed by atoms with Gasteiger partial charge < -0.3 is 10.6 Å². The number of hydrogen-bond donors (Lipinski definition) is 2. The van der Waals surface area contributed by atoms with Gasteiger partial charge in [-0.2, -0.15) is 0 Å².